The summed E-state index contributed by atoms with van der Waals surface area (Å²) in [6, 6.07) is 7.55. The highest BCUT2D eigenvalue weighted by Gasteiger charge is 2.40. The molecular formula is C25H33N3O3S. The molecule has 3 amide bonds. The summed E-state index contributed by atoms with van der Waals surface area (Å²) in [7, 11) is 0. The molecule has 0 bridgehead atoms. The third-order valence-electron chi connectivity index (χ3n) is 6.49. The van der Waals surface area contributed by atoms with Gasteiger partial charge in [0, 0.05) is 24.5 Å². The summed E-state index contributed by atoms with van der Waals surface area (Å²) in [5.74, 6) is -0.587. The molecule has 6 nitrogen and oxygen atoms in total. The fourth-order valence-electron chi connectivity index (χ4n) is 4.69. The zero-order chi connectivity index (χ0) is 22.3. The molecule has 1 aromatic rings. The summed E-state index contributed by atoms with van der Waals surface area (Å²) in [6.45, 7) is 1.95. The molecule has 2 aliphatic heterocycles. The van der Waals surface area contributed by atoms with Gasteiger partial charge in [-0.3, -0.25) is 14.4 Å². The van der Waals surface area contributed by atoms with E-state index < -0.39 is 5.25 Å². The molecule has 1 saturated heterocycles. The van der Waals surface area contributed by atoms with Gasteiger partial charge in [-0.05, 0) is 57.1 Å². The van der Waals surface area contributed by atoms with Gasteiger partial charge < -0.3 is 15.1 Å². The van der Waals surface area contributed by atoms with E-state index in [1.807, 2.05) is 29.2 Å². The molecule has 1 fully saturated rings. The second-order valence-electron chi connectivity index (χ2n) is 8.84. The number of fused-ring (bicyclic) bond motifs is 1. The zero-order valence-electron chi connectivity index (χ0n) is 18.7. The molecule has 7 heteroatoms. The molecule has 1 aromatic carbocycles. The first kappa shape index (κ1) is 22.9. The van der Waals surface area contributed by atoms with Crippen LogP contribution >= 0.6 is 11.8 Å². The molecule has 0 spiro atoms. The fraction of sp³-hybridized carbons (Fsp3) is 0.560. The molecule has 4 rings (SSSR count). The molecule has 1 aliphatic carbocycles. The van der Waals surface area contributed by atoms with E-state index in [0.717, 1.165) is 49.8 Å². The highest BCUT2D eigenvalue weighted by Crippen LogP contribution is 2.39. The number of rotatable bonds is 6. The molecule has 1 atom stereocenters. The van der Waals surface area contributed by atoms with Gasteiger partial charge >= 0.3 is 0 Å². The van der Waals surface area contributed by atoms with E-state index in [-0.39, 0.29) is 24.3 Å². The third-order valence-corrected chi connectivity index (χ3v) is 7.73. The van der Waals surface area contributed by atoms with Crippen LogP contribution in [0.5, 0.6) is 0 Å². The number of benzene rings is 1. The van der Waals surface area contributed by atoms with Crippen molar-refractivity contribution in [3.05, 3.63) is 35.9 Å². The second-order valence-corrected chi connectivity index (χ2v) is 9.98. The number of likely N-dealkylation sites (tertiary alicyclic amines) is 1. The predicted octanol–water partition coefficient (Wildman–Crippen LogP) is 3.90. The minimum absolute atomic E-state index is 0.0563. The number of nitrogens with one attached hydrogen (secondary N) is 1. The summed E-state index contributed by atoms with van der Waals surface area (Å²) in [4.78, 5) is 43.6. The van der Waals surface area contributed by atoms with E-state index in [1.54, 1.807) is 0 Å². The van der Waals surface area contributed by atoms with Gasteiger partial charge in [0.25, 0.3) is 5.91 Å². The number of hydrogen-bond donors (Lipinski definition) is 1. The summed E-state index contributed by atoms with van der Waals surface area (Å²) >= 11 is 1.32. The first-order valence-corrected chi connectivity index (χ1v) is 12.8. The van der Waals surface area contributed by atoms with Crippen LogP contribution in [-0.2, 0) is 14.4 Å². The van der Waals surface area contributed by atoms with Crippen LogP contribution in [0.4, 0.5) is 5.69 Å². The minimum Gasteiger partial charge on any atom is -0.354 e. The second kappa shape index (κ2) is 11.0. The molecule has 3 aliphatic rings. The molecular weight excluding hydrogens is 422 g/mol. The average Bonchev–Trinajstić information content (AvgIpc) is 3.11. The molecule has 0 radical (unpaired) electrons. The summed E-state index contributed by atoms with van der Waals surface area (Å²) < 4.78 is 0. The van der Waals surface area contributed by atoms with E-state index in [9.17, 15) is 14.4 Å². The molecule has 32 heavy (non-hydrogen) atoms. The van der Waals surface area contributed by atoms with E-state index >= 15 is 0 Å². The number of nitrogens with zero attached hydrogens (tertiary/aromatic N) is 2. The topological polar surface area (TPSA) is 69.7 Å². The first-order valence-electron chi connectivity index (χ1n) is 11.9. The van der Waals surface area contributed by atoms with Gasteiger partial charge in [0.1, 0.15) is 6.54 Å². The van der Waals surface area contributed by atoms with Crippen LogP contribution in [0, 0.1) is 0 Å². The Morgan fingerprint density at radius 3 is 2.56 bits per heavy atom. The van der Waals surface area contributed by atoms with Crippen molar-refractivity contribution in [2.24, 2.45) is 0 Å². The van der Waals surface area contributed by atoms with Gasteiger partial charge in [-0.25, -0.2) is 0 Å². The highest BCUT2D eigenvalue weighted by molar-refractivity contribution is 8.01. The highest BCUT2D eigenvalue weighted by atomic mass is 32.2. The maximum absolute atomic E-state index is 13.4. The molecule has 0 saturated carbocycles. The van der Waals surface area contributed by atoms with Gasteiger partial charge in [-0.2, -0.15) is 0 Å². The lowest BCUT2D eigenvalue weighted by molar-refractivity contribution is -0.135. The zero-order valence-corrected chi connectivity index (χ0v) is 19.5. The van der Waals surface area contributed by atoms with Gasteiger partial charge in [0.2, 0.25) is 11.8 Å². The molecule has 0 unspecified atom stereocenters. The summed E-state index contributed by atoms with van der Waals surface area (Å²) in [5.41, 5.74) is 2.13. The Balaban J connectivity index is 1.42. The summed E-state index contributed by atoms with van der Waals surface area (Å²) in [6.07, 6.45) is 12.1. The number of para-hydroxylation sites is 1. The number of hydrogen-bond acceptors (Lipinski definition) is 4. The van der Waals surface area contributed by atoms with Crippen molar-refractivity contribution < 1.29 is 14.4 Å². The Hall–Kier alpha value is -2.28. The van der Waals surface area contributed by atoms with Crippen molar-refractivity contribution in [3.8, 4) is 0 Å². The number of anilines is 1. The number of carbonyl (C=O) groups excluding carboxylic acids is 3. The van der Waals surface area contributed by atoms with Gasteiger partial charge in [-0.1, -0.05) is 36.6 Å². The SMILES string of the molecule is O=C(CN1C(=O)[C@@H](C(=O)N2CCCCCC2)Sc2ccccc21)NCCC1=CCCCC1. The normalized spacial score (nSPS) is 21.4. The average molecular weight is 456 g/mol. The molecule has 1 N–H and O–H groups in total. The van der Waals surface area contributed by atoms with Gasteiger partial charge in [0.05, 0.1) is 5.69 Å². The van der Waals surface area contributed by atoms with Crippen molar-refractivity contribution in [2.75, 3.05) is 31.1 Å². The number of amides is 3. The molecule has 0 aromatic heterocycles. The Morgan fingerprint density at radius 1 is 1.03 bits per heavy atom. The Bertz CT molecular complexity index is 877. The standard InChI is InChI=1S/C25H33N3O3S/c29-22(26-15-14-19-10-4-3-5-11-19)18-28-20-12-6-7-13-21(20)32-23(25(28)31)24(30)27-16-8-1-2-9-17-27/h6-7,10,12-13,23H,1-5,8-9,11,14-18H2,(H,26,29)/t23-/m1/s1. The number of allylic oxidation sites excluding steroid dienone is 1. The van der Waals surface area contributed by atoms with E-state index in [1.165, 1.54) is 35.1 Å². The van der Waals surface area contributed by atoms with Gasteiger partial charge in [-0.15, -0.1) is 11.8 Å². The van der Waals surface area contributed by atoms with Crippen molar-refractivity contribution >= 4 is 35.2 Å². The van der Waals surface area contributed by atoms with Crippen LogP contribution in [0.2, 0.25) is 0 Å². The third kappa shape index (κ3) is 5.55. The molecule has 172 valence electrons. The van der Waals surface area contributed by atoms with Gasteiger partial charge in [0.15, 0.2) is 5.25 Å². The maximum Gasteiger partial charge on any atom is 0.250 e. The van der Waals surface area contributed by atoms with Crippen LogP contribution in [0.1, 0.15) is 57.8 Å². The Morgan fingerprint density at radius 2 is 1.81 bits per heavy atom. The van der Waals surface area contributed by atoms with Crippen molar-refractivity contribution in [1.29, 1.82) is 0 Å². The predicted molar refractivity (Wildman–Crippen MR) is 128 cm³/mol. The smallest absolute Gasteiger partial charge is 0.250 e. The van der Waals surface area contributed by atoms with Crippen molar-refractivity contribution in [1.82, 2.24) is 10.2 Å². The number of thioether (sulfide) groups is 1. The van der Waals surface area contributed by atoms with Crippen molar-refractivity contribution in [2.45, 2.75) is 67.9 Å². The maximum atomic E-state index is 13.4. The summed E-state index contributed by atoms with van der Waals surface area (Å²) in [5, 5.41) is 2.15. The quantitative estimate of drug-likeness (QED) is 0.522. The van der Waals surface area contributed by atoms with Crippen LogP contribution in [0.25, 0.3) is 0 Å². The lowest BCUT2D eigenvalue weighted by Crippen LogP contribution is -2.52. The lowest BCUT2D eigenvalue weighted by Gasteiger charge is -2.34. The molecule has 2 heterocycles. The van der Waals surface area contributed by atoms with Crippen molar-refractivity contribution in [3.63, 3.8) is 0 Å². The number of carbonyl (C=O) groups is 3. The largest absolute Gasteiger partial charge is 0.354 e. The first-order chi connectivity index (χ1) is 15.6. The monoisotopic (exact) mass is 455 g/mol. The van der Waals surface area contributed by atoms with Crippen LogP contribution < -0.4 is 10.2 Å². The Labute approximate surface area is 194 Å². The Kier molecular flexibility index (Phi) is 7.90. The van der Waals surface area contributed by atoms with E-state index in [0.29, 0.717) is 25.3 Å². The van der Waals surface area contributed by atoms with Crippen LogP contribution in [0.15, 0.2) is 40.8 Å². The van der Waals surface area contributed by atoms with Crippen LogP contribution in [0.3, 0.4) is 0 Å². The lowest BCUT2D eigenvalue weighted by atomic mass is 9.97. The minimum atomic E-state index is -0.816. The van der Waals surface area contributed by atoms with Crippen LogP contribution in [-0.4, -0.2) is 54.1 Å². The fourth-order valence-corrected chi connectivity index (χ4v) is 5.88. The van der Waals surface area contributed by atoms with E-state index in [4.69, 9.17) is 0 Å². The van der Waals surface area contributed by atoms with E-state index in [2.05, 4.69) is 11.4 Å².